The summed E-state index contributed by atoms with van der Waals surface area (Å²) in [4.78, 5) is 14.3. The first-order valence-electron chi connectivity index (χ1n) is 8.86. The van der Waals surface area contributed by atoms with Crippen molar-refractivity contribution in [1.82, 2.24) is 4.90 Å². The molecule has 1 aliphatic heterocycles. The zero-order valence-corrected chi connectivity index (χ0v) is 14.4. The zero-order chi connectivity index (χ0) is 17.5. The first-order chi connectivity index (χ1) is 12.2. The van der Waals surface area contributed by atoms with Crippen LogP contribution in [0.15, 0.2) is 59.2 Å². The number of likely N-dealkylation sites (tertiary alicyclic amines) is 1. The van der Waals surface area contributed by atoms with Crippen LogP contribution in [0, 0.1) is 5.41 Å². The van der Waals surface area contributed by atoms with Gasteiger partial charge in [-0.15, -0.1) is 0 Å². The average Bonchev–Trinajstić information content (AvgIpc) is 3.19. The van der Waals surface area contributed by atoms with E-state index in [1.165, 1.54) is 5.56 Å². The van der Waals surface area contributed by atoms with E-state index in [1.807, 2.05) is 29.2 Å². The van der Waals surface area contributed by atoms with Crippen molar-refractivity contribution in [2.75, 3.05) is 19.7 Å². The van der Waals surface area contributed by atoms with Gasteiger partial charge in [-0.05, 0) is 49.5 Å². The number of carbonyl (C=O) groups is 1. The molecule has 1 saturated heterocycles. The van der Waals surface area contributed by atoms with Crippen molar-refractivity contribution in [1.29, 1.82) is 0 Å². The molecule has 0 bridgehead atoms. The number of aliphatic hydroxyl groups is 1. The lowest BCUT2D eigenvalue weighted by Gasteiger charge is -2.41. The van der Waals surface area contributed by atoms with E-state index in [2.05, 4.69) is 12.1 Å². The van der Waals surface area contributed by atoms with Crippen LogP contribution in [0.25, 0.3) is 6.08 Å². The van der Waals surface area contributed by atoms with Crippen molar-refractivity contribution in [2.45, 2.75) is 25.7 Å². The van der Waals surface area contributed by atoms with Crippen LogP contribution in [0.2, 0.25) is 0 Å². The molecule has 4 nitrogen and oxygen atoms in total. The topological polar surface area (TPSA) is 53.7 Å². The monoisotopic (exact) mass is 339 g/mol. The van der Waals surface area contributed by atoms with Gasteiger partial charge in [-0.3, -0.25) is 4.79 Å². The van der Waals surface area contributed by atoms with Crippen LogP contribution in [-0.4, -0.2) is 35.6 Å². The largest absolute Gasteiger partial charge is 0.465 e. The number of aliphatic hydroxyl groups excluding tert-OH is 1. The first-order valence-corrected chi connectivity index (χ1v) is 8.86. The molecule has 132 valence electrons. The maximum atomic E-state index is 12.5. The predicted molar refractivity (Wildman–Crippen MR) is 97.8 cm³/mol. The summed E-state index contributed by atoms with van der Waals surface area (Å²) in [6.45, 7) is 1.47. The minimum absolute atomic E-state index is 0.0198. The summed E-state index contributed by atoms with van der Waals surface area (Å²) < 4.78 is 5.22. The molecule has 0 saturated carbocycles. The highest BCUT2D eigenvalue weighted by molar-refractivity contribution is 5.91. The minimum Gasteiger partial charge on any atom is -0.465 e. The highest BCUT2D eigenvalue weighted by Crippen LogP contribution is 2.34. The van der Waals surface area contributed by atoms with Gasteiger partial charge in [0.1, 0.15) is 5.76 Å². The summed E-state index contributed by atoms with van der Waals surface area (Å²) in [6, 6.07) is 13.9. The quantitative estimate of drug-likeness (QED) is 0.819. The van der Waals surface area contributed by atoms with Gasteiger partial charge < -0.3 is 14.4 Å². The number of amides is 1. The molecular formula is C21H25NO3. The van der Waals surface area contributed by atoms with E-state index in [1.54, 1.807) is 24.5 Å². The van der Waals surface area contributed by atoms with Crippen LogP contribution >= 0.6 is 0 Å². The van der Waals surface area contributed by atoms with Crippen LogP contribution in [-0.2, 0) is 11.2 Å². The Morgan fingerprint density at radius 2 is 2.08 bits per heavy atom. The normalized spacial score (nSPS) is 20.9. The van der Waals surface area contributed by atoms with E-state index in [-0.39, 0.29) is 17.9 Å². The van der Waals surface area contributed by atoms with Crippen molar-refractivity contribution in [3.63, 3.8) is 0 Å². The predicted octanol–water partition coefficient (Wildman–Crippen LogP) is 3.53. The summed E-state index contributed by atoms with van der Waals surface area (Å²) in [5.41, 5.74) is 1.07. The third kappa shape index (κ3) is 4.60. The smallest absolute Gasteiger partial charge is 0.246 e. The lowest BCUT2D eigenvalue weighted by atomic mass is 9.76. The van der Waals surface area contributed by atoms with Crippen LogP contribution in [0.3, 0.4) is 0 Å². The highest BCUT2D eigenvalue weighted by atomic mass is 16.3. The molecule has 4 heteroatoms. The molecule has 1 N–H and O–H groups in total. The van der Waals surface area contributed by atoms with Crippen LogP contribution in [0.4, 0.5) is 0 Å². The molecule has 1 unspecified atom stereocenters. The number of furan rings is 1. The van der Waals surface area contributed by atoms with Crippen molar-refractivity contribution in [3.05, 3.63) is 66.1 Å². The van der Waals surface area contributed by atoms with Crippen LogP contribution < -0.4 is 0 Å². The molecule has 2 aromatic rings. The zero-order valence-electron chi connectivity index (χ0n) is 14.4. The number of nitrogens with zero attached hydrogens (tertiary/aromatic N) is 1. The van der Waals surface area contributed by atoms with Gasteiger partial charge >= 0.3 is 0 Å². The number of carbonyl (C=O) groups excluding carboxylic acids is 1. The second-order valence-corrected chi connectivity index (χ2v) is 6.86. The van der Waals surface area contributed by atoms with E-state index in [9.17, 15) is 9.90 Å². The Labute approximate surface area is 148 Å². The van der Waals surface area contributed by atoms with E-state index < -0.39 is 0 Å². The second kappa shape index (κ2) is 8.17. The molecule has 3 rings (SSSR count). The molecular weight excluding hydrogens is 314 g/mol. The Balaban J connectivity index is 1.62. The maximum Gasteiger partial charge on any atom is 0.246 e. The summed E-state index contributed by atoms with van der Waals surface area (Å²) in [5, 5.41) is 10.0. The van der Waals surface area contributed by atoms with Gasteiger partial charge in [-0.1, -0.05) is 30.3 Å². The number of hydrogen-bond acceptors (Lipinski definition) is 3. The first kappa shape index (κ1) is 17.5. The Morgan fingerprint density at radius 1 is 1.24 bits per heavy atom. The van der Waals surface area contributed by atoms with Crippen molar-refractivity contribution < 1.29 is 14.3 Å². The summed E-state index contributed by atoms with van der Waals surface area (Å²) in [7, 11) is 0. The van der Waals surface area contributed by atoms with E-state index >= 15 is 0 Å². The molecule has 0 spiro atoms. The van der Waals surface area contributed by atoms with Gasteiger partial charge in [0.25, 0.3) is 0 Å². The fraction of sp³-hybridized carbons (Fsp3) is 0.381. The van der Waals surface area contributed by atoms with Crippen molar-refractivity contribution in [3.8, 4) is 0 Å². The molecule has 1 aliphatic rings. The van der Waals surface area contributed by atoms with Gasteiger partial charge in [0.05, 0.1) is 12.9 Å². The molecule has 0 radical (unpaired) electrons. The third-order valence-electron chi connectivity index (χ3n) is 5.03. The average molecular weight is 339 g/mol. The van der Waals surface area contributed by atoms with E-state index in [0.29, 0.717) is 12.3 Å². The molecule has 1 amide bonds. The Hall–Kier alpha value is -2.33. The molecule has 1 atom stereocenters. The molecule has 2 heterocycles. The Bertz CT molecular complexity index is 693. The molecule has 1 aromatic carbocycles. The van der Waals surface area contributed by atoms with Gasteiger partial charge in [0, 0.05) is 24.6 Å². The van der Waals surface area contributed by atoms with Gasteiger partial charge in [-0.25, -0.2) is 0 Å². The van der Waals surface area contributed by atoms with Gasteiger partial charge in [-0.2, -0.15) is 0 Å². The number of rotatable bonds is 6. The number of hydrogen-bond donors (Lipinski definition) is 1. The number of benzene rings is 1. The lowest BCUT2D eigenvalue weighted by Crippen LogP contribution is -2.47. The number of aryl methyl sites for hydroxylation is 1. The minimum atomic E-state index is -0.206. The lowest BCUT2D eigenvalue weighted by molar-refractivity contribution is -0.130. The van der Waals surface area contributed by atoms with Crippen LogP contribution in [0.5, 0.6) is 0 Å². The van der Waals surface area contributed by atoms with Gasteiger partial charge in [0.2, 0.25) is 5.91 Å². The van der Waals surface area contributed by atoms with Crippen molar-refractivity contribution in [2.24, 2.45) is 5.41 Å². The summed E-state index contributed by atoms with van der Waals surface area (Å²) in [6.07, 6.45) is 8.54. The summed E-state index contributed by atoms with van der Waals surface area (Å²) >= 11 is 0. The van der Waals surface area contributed by atoms with Crippen molar-refractivity contribution >= 4 is 12.0 Å². The SMILES string of the molecule is O=C(/C=C/c1ccco1)N1CCCC(CO)(CCc2ccccc2)C1. The number of piperidine rings is 1. The fourth-order valence-electron chi connectivity index (χ4n) is 3.51. The third-order valence-corrected chi connectivity index (χ3v) is 5.03. The molecule has 25 heavy (non-hydrogen) atoms. The molecule has 0 aliphatic carbocycles. The van der Waals surface area contributed by atoms with Crippen LogP contribution in [0.1, 0.15) is 30.6 Å². The Kier molecular flexibility index (Phi) is 5.71. The van der Waals surface area contributed by atoms with E-state index in [4.69, 9.17) is 4.42 Å². The Morgan fingerprint density at radius 3 is 2.80 bits per heavy atom. The standard InChI is InChI=1S/C21H25NO3/c23-17-21(13-11-18-6-2-1-3-7-18)12-5-14-22(16-21)20(24)10-9-19-8-4-15-25-19/h1-4,6-10,15,23H,5,11-14,16-17H2/b10-9+. The highest BCUT2D eigenvalue weighted by Gasteiger charge is 2.35. The second-order valence-electron chi connectivity index (χ2n) is 6.86. The molecule has 1 aromatic heterocycles. The van der Waals surface area contributed by atoms with Gasteiger partial charge in [0.15, 0.2) is 0 Å². The summed E-state index contributed by atoms with van der Waals surface area (Å²) in [5.74, 6) is 0.650. The maximum absolute atomic E-state index is 12.5. The molecule has 1 fully saturated rings. The van der Waals surface area contributed by atoms with E-state index in [0.717, 1.165) is 32.2 Å². The fourth-order valence-corrected chi connectivity index (χ4v) is 3.51.